The first kappa shape index (κ1) is 17.1. The second kappa shape index (κ2) is 7.47. The molecule has 2 heterocycles. The Kier molecular flexibility index (Phi) is 5.12. The van der Waals surface area contributed by atoms with E-state index in [1.807, 2.05) is 37.3 Å². The Bertz CT molecular complexity index is 826. The molecule has 2 aromatic rings. The van der Waals surface area contributed by atoms with Crippen LogP contribution in [0.4, 0.5) is 0 Å². The summed E-state index contributed by atoms with van der Waals surface area (Å²) in [5.41, 5.74) is 0.900. The minimum atomic E-state index is -0.184. The van der Waals surface area contributed by atoms with E-state index in [0.717, 1.165) is 12.8 Å². The van der Waals surface area contributed by atoms with E-state index in [1.165, 1.54) is 6.07 Å². The summed E-state index contributed by atoms with van der Waals surface area (Å²) in [5.74, 6) is -0.276. The molecule has 130 valence electrons. The molecule has 1 aliphatic rings. The van der Waals surface area contributed by atoms with Crippen molar-refractivity contribution in [3.05, 3.63) is 70.1 Å². The van der Waals surface area contributed by atoms with Gasteiger partial charge >= 0.3 is 0 Å². The highest BCUT2D eigenvalue weighted by Gasteiger charge is 2.29. The number of rotatable bonds is 4. The minimum Gasteiger partial charge on any atom is -0.338 e. The number of carbonyl (C=O) groups is 2. The van der Waals surface area contributed by atoms with Crippen LogP contribution in [0.5, 0.6) is 0 Å². The van der Waals surface area contributed by atoms with Crippen LogP contribution in [0.1, 0.15) is 40.5 Å². The number of amides is 1. The quantitative estimate of drug-likeness (QED) is 0.805. The van der Waals surface area contributed by atoms with Crippen LogP contribution in [0.25, 0.3) is 0 Å². The lowest BCUT2D eigenvalue weighted by Gasteiger charge is -2.32. The second-order valence-corrected chi connectivity index (χ2v) is 6.36. The number of ketones is 1. The lowest BCUT2D eigenvalue weighted by atomic mass is 9.90. The van der Waals surface area contributed by atoms with Gasteiger partial charge in [-0.2, -0.15) is 0 Å². The molecule has 0 spiro atoms. The van der Waals surface area contributed by atoms with Crippen LogP contribution < -0.4 is 5.56 Å². The third-order valence-electron chi connectivity index (χ3n) is 4.72. The smallest absolute Gasteiger partial charge is 0.254 e. The minimum absolute atomic E-state index is 0.0829. The van der Waals surface area contributed by atoms with Crippen LogP contribution >= 0.6 is 0 Å². The number of pyridine rings is 1. The lowest BCUT2D eigenvalue weighted by Crippen LogP contribution is -2.42. The van der Waals surface area contributed by atoms with Crippen molar-refractivity contribution in [1.82, 2.24) is 9.47 Å². The van der Waals surface area contributed by atoms with E-state index >= 15 is 0 Å². The molecule has 1 aromatic carbocycles. The molecule has 1 atom stereocenters. The van der Waals surface area contributed by atoms with Gasteiger partial charge in [-0.15, -0.1) is 0 Å². The fraction of sp³-hybridized carbons (Fsp3) is 0.350. The SMILES string of the molecule is CCn1ccc(C(=O)N2CCC[C@@H](C(=O)c3ccccc3)C2)cc1=O. The Morgan fingerprint density at radius 1 is 1.12 bits per heavy atom. The summed E-state index contributed by atoms with van der Waals surface area (Å²) in [6.07, 6.45) is 3.22. The van der Waals surface area contributed by atoms with Crippen molar-refractivity contribution in [3.63, 3.8) is 0 Å². The molecular weight excluding hydrogens is 316 g/mol. The topological polar surface area (TPSA) is 59.4 Å². The van der Waals surface area contributed by atoms with Crippen molar-refractivity contribution in [3.8, 4) is 0 Å². The molecule has 1 aliphatic heterocycles. The zero-order valence-corrected chi connectivity index (χ0v) is 14.4. The van der Waals surface area contributed by atoms with Crippen LogP contribution in [-0.2, 0) is 6.54 Å². The first-order valence-electron chi connectivity index (χ1n) is 8.69. The fourth-order valence-corrected chi connectivity index (χ4v) is 3.30. The van der Waals surface area contributed by atoms with Gasteiger partial charge < -0.3 is 9.47 Å². The summed E-state index contributed by atoms with van der Waals surface area (Å²) >= 11 is 0. The first-order chi connectivity index (χ1) is 12.1. The van der Waals surface area contributed by atoms with Gasteiger partial charge in [0.15, 0.2) is 5.78 Å². The number of aromatic nitrogens is 1. The van der Waals surface area contributed by atoms with E-state index in [9.17, 15) is 14.4 Å². The highest BCUT2D eigenvalue weighted by molar-refractivity contribution is 5.99. The van der Waals surface area contributed by atoms with Gasteiger partial charge in [0.25, 0.3) is 11.5 Å². The third kappa shape index (κ3) is 3.71. The van der Waals surface area contributed by atoms with Crippen molar-refractivity contribution < 1.29 is 9.59 Å². The Balaban J connectivity index is 1.75. The third-order valence-corrected chi connectivity index (χ3v) is 4.72. The lowest BCUT2D eigenvalue weighted by molar-refractivity contribution is 0.0636. The first-order valence-corrected chi connectivity index (χ1v) is 8.69. The molecule has 0 N–H and O–H groups in total. The van der Waals surface area contributed by atoms with E-state index in [4.69, 9.17) is 0 Å². The molecule has 1 saturated heterocycles. The molecule has 1 amide bonds. The van der Waals surface area contributed by atoms with Crippen molar-refractivity contribution in [1.29, 1.82) is 0 Å². The number of Topliss-reactive ketones (excluding diaryl/α,β-unsaturated/α-hetero) is 1. The monoisotopic (exact) mass is 338 g/mol. The van der Waals surface area contributed by atoms with E-state index in [0.29, 0.717) is 30.8 Å². The van der Waals surface area contributed by atoms with Crippen LogP contribution in [0.15, 0.2) is 53.5 Å². The molecule has 5 nitrogen and oxygen atoms in total. The number of hydrogen-bond acceptors (Lipinski definition) is 3. The zero-order chi connectivity index (χ0) is 17.8. The number of nitrogens with zero attached hydrogens (tertiary/aromatic N) is 2. The largest absolute Gasteiger partial charge is 0.338 e. The average molecular weight is 338 g/mol. The predicted molar refractivity (Wildman–Crippen MR) is 95.8 cm³/mol. The van der Waals surface area contributed by atoms with E-state index in [1.54, 1.807) is 21.7 Å². The summed E-state index contributed by atoms with van der Waals surface area (Å²) in [7, 11) is 0. The van der Waals surface area contributed by atoms with Crippen molar-refractivity contribution in [2.45, 2.75) is 26.3 Å². The summed E-state index contributed by atoms with van der Waals surface area (Å²) in [6, 6.07) is 12.3. The number of aryl methyl sites for hydroxylation is 1. The molecular formula is C20H22N2O3. The van der Waals surface area contributed by atoms with Crippen molar-refractivity contribution in [2.24, 2.45) is 5.92 Å². The summed E-state index contributed by atoms with van der Waals surface area (Å²) in [6.45, 7) is 3.48. The zero-order valence-electron chi connectivity index (χ0n) is 14.4. The summed E-state index contributed by atoms with van der Waals surface area (Å²) < 4.78 is 1.55. The molecule has 1 aromatic heterocycles. The van der Waals surface area contributed by atoms with Gasteiger partial charge in [-0.3, -0.25) is 14.4 Å². The van der Waals surface area contributed by atoms with Crippen LogP contribution in [0.2, 0.25) is 0 Å². The highest BCUT2D eigenvalue weighted by atomic mass is 16.2. The number of likely N-dealkylation sites (tertiary alicyclic amines) is 1. The Morgan fingerprint density at radius 2 is 1.88 bits per heavy atom. The Morgan fingerprint density at radius 3 is 2.56 bits per heavy atom. The number of piperidine rings is 1. The van der Waals surface area contributed by atoms with Gasteiger partial charge in [0, 0.05) is 48.9 Å². The van der Waals surface area contributed by atoms with Gasteiger partial charge in [-0.25, -0.2) is 0 Å². The van der Waals surface area contributed by atoms with E-state index < -0.39 is 0 Å². The number of carbonyl (C=O) groups excluding carboxylic acids is 2. The Labute approximate surface area is 146 Å². The number of benzene rings is 1. The molecule has 0 aliphatic carbocycles. The molecule has 25 heavy (non-hydrogen) atoms. The van der Waals surface area contributed by atoms with Crippen molar-refractivity contribution >= 4 is 11.7 Å². The maximum absolute atomic E-state index is 12.7. The average Bonchev–Trinajstić information content (AvgIpc) is 2.67. The van der Waals surface area contributed by atoms with Gasteiger partial charge in [-0.05, 0) is 25.8 Å². The molecule has 0 bridgehead atoms. The van der Waals surface area contributed by atoms with Gasteiger partial charge in [-0.1, -0.05) is 30.3 Å². The van der Waals surface area contributed by atoms with E-state index in [2.05, 4.69) is 0 Å². The normalized spacial score (nSPS) is 17.3. The highest BCUT2D eigenvalue weighted by Crippen LogP contribution is 2.22. The van der Waals surface area contributed by atoms with Crippen molar-refractivity contribution in [2.75, 3.05) is 13.1 Å². The maximum Gasteiger partial charge on any atom is 0.254 e. The van der Waals surface area contributed by atoms with E-state index in [-0.39, 0.29) is 23.2 Å². The predicted octanol–water partition coefficient (Wildman–Crippen LogP) is 2.60. The van der Waals surface area contributed by atoms with Gasteiger partial charge in [0.2, 0.25) is 0 Å². The van der Waals surface area contributed by atoms with Gasteiger partial charge in [0.1, 0.15) is 0 Å². The van der Waals surface area contributed by atoms with Gasteiger partial charge in [0.05, 0.1) is 0 Å². The molecule has 3 rings (SSSR count). The Hall–Kier alpha value is -2.69. The standard InChI is InChI=1S/C20H22N2O3/c1-2-21-12-10-16(13-18(21)23)20(25)22-11-6-9-17(14-22)19(24)15-7-4-3-5-8-15/h3-5,7-8,10,12-13,17H,2,6,9,11,14H2,1H3/t17-/m1/s1. The summed E-state index contributed by atoms with van der Waals surface area (Å²) in [4.78, 5) is 39.0. The molecule has 0 unspecified atom stereocenters. The number of hydrogen-bond donors (Lipinski definition) is 0. The molecule has 0 radical (unpaired) electrons. The molecule has 0 saturated carbocycles. The van der Waals surface area contributed by atoms with Crippen LogP contribution in [0.3, 0.4) is 0 Å². The summed E-state index contributed by atoms with van der Waals surface area (Å²) in [5, 5.41) is 0. The fourth-order valence-electron chi connectivity index (χ4n) is 3.30. The molecule has 5 heteroatoms. The second-order valence-electron chi connectivity index (χ2n) is 6.36. The van der Waals surface area contributed by atoms with Crippen LogP contribution in [-0.4, -0.2) is 34.2 Å². The van der Waals surface area contributed by atoms with Crippen LogP contribution in [0, 0.1) is 5.92 Å². The molecule has 1 fully saturated rings. The maximum atomic E-state index is 12.7.